The van der Waals surface area contributed by atoms with E-state index in [2.05, 4.69) is 15.3 Å². The Hall–Kier alpha value is -3.06. The Morgan fingerprint density at radius 2 is 1.88 bits per heavy atom. The number of para-hydroxylation sites is 1. The van der Waals surface area contributed by atoms with Gasteiger partial charge in [-0.2, -0.15) is 0 Å². The molecule has 0 saturated heterocycles. The van der Waals surface area contributed by atoms with Gasteiger partial charge in [0, 0.05) is 43.3 Å². The van der Waals surface area contributed by atoms with E-state index in [0.717, 1.165) is 35.2 Å². The zero-order valence-corrected chi connectivity index (χ0v) is 13.8. The van der Waals surface area contributed by atoms with E-state index in [1.54, 1.807) is 19.2 Å². The molecule has 0 amide bonds. The third-order valence-corrected chi connectivity index (χ3v) is 3.76. The first-order chi connectivity index (χ1) is 12.2. The number of non-ortho nitro benzene ring substituents is 1. The van der Waals surface area contributed by atoms with Gasteiger partial charge in [0.15, 0.2) is 5.82 Å². The molecule has 0 radical (unpaired) electrons. The van der Waals surface area contributed by atoms with Crippen molar-refractivity contribution in [2.75, 3.05) is 25.6 Å². The monoisotopic (exact) mass is 338 g/mol. The van der Waals surface area contributed by atoms with Crippen LogP contribution in [-0.4, -0.2) is 35.2 Å². The molecule has 1 aromatic heterocycles. The highest BCUT2D eigenvalue weighted by molar-refractivity contribution is 5.90. The molecular weight excluding hydrogens is 320 g/mol. The number of hydrogen-bond acceptors (Lipinski definition) is 6. The van der Waals surface area contributed by atoms with Crippen LogP contribution in [0, 0.1) is 10.1 Å². The molecule has 0 spiro atoms. The molecule has 7 nitrogen and oxygen atoms in total. The highest BCUT2D eigenvalue weighted by Crippen LogP contribution is 2.26. The summed E-state index contributed by atoms with van der Waals surface area (Å²) in [5.41, 5.74) is 1.60. The Morgan fingerprint density at radius 1 is 1.12 bits per heavy atom. The van der Waals surface area contributed by atoms with Crippen molar-refractivity contribution in [3.05, 3.63) is 58.6 Å². The lowest BCUT2D eigenvalue weighted by Crippen LogP contribution is -2.07. The summed E-state index contributed by atoms with van der Waals surface area (Å²) in [5.74, 6) is 1.28. The van der Waals surface area contributed by atoms with Crippen molar-refractivity contribution in [3.8, 4) is 11.4 Å². The third kappa shape index (κ3) is 3.89. The number of ether oxygens (including phenoxy) is 1. The van der Waals surface area contributed by atoms with Crippen molar-refractivity contribution in [2.24, 2.45) is 0 Å². The van der Waals surface area contributed by atoms with E-state index < -0.39 is 4.92 Å². The number of anilines is 1. The molecule has 0 aliphatic rings. The fourth-order valence-corrected chi connectivity index (χ4v) is 2.50. The van der Waals surface area contributed by atoms with Crippen LogP contribution in [0.2, 0.25) is 0 Å². The van der Waals surface area contributed by atoms with Gasteiger partial charge in [-0.25, -0.2) is 9.97 Å². The summed E-state index contributed by atoms with van der Waals surface area (Å²) < 4.78 is 5.06. The zero-order chi connectivity index (χ0) is 17.6. The summed E-state index contributed by atoms with van der Waals surface area (Å²) in [5, 5.41) is 15.1. The average Bonchev–Trinajstić information content (AvgIpc) is 2.65. The van der Waals surface area contributed by atoms with Gasteiger partial charge in [0.25, 0.3) is 5.69 Å². The summed E-state index contributed by atoms with van der Waals surface area (Å²) in [6.07, 6.45) is 0.863. The van der Waals surface area contributed by atoms with Gasteiger partial charge >= 0.3 is 0 Å². The van der Waals surface area contributed by atoms with Gasteiger partial charge in [-0.1, -0.05) is 12.1 Å². The Morgan fingerprint density at radius 3 is 2.60 bits per heavy atom. The number of nitro benzene ring substituents is 1. The minimum atomic E-state index is -0.423. The third-order valence-electron chi connectivity index (χ3n) is 3.76. The van der Waals surface area contributed by atoms with E-state index in [9.17, 15) is 10.1 Å². The first kappa shape index (κ1) is 16.8. The molecule has 3 aromatic rings. The number of nitro groups is 1. The predicted octanol–water partition coefficient (Wildman–Crippen LogP) is 3.65. The summed E-state index contributed by atoms with van der Waals surface area (Å²) >= 11 is 0. The Bertz CT molecular complexity index is 881. The summed E-state index contributed by atoms with van der Waals surface area (Å²) in [7, 11) is 1.67. The second kappa shape index (κ2) is 7.67. The second-order valence-corrected chi connectivity index (χ2v) is 5.49. The van der Waals surface area contributed by atoms with Crippen LogP contribution in [0.5, 0.6) is 0 Å². The van der Waals surface area contributed by atoms with E-state index in [0.29, 0.717) is 12.4 Å². The molecule has 2 aromatic carbocycles. The number of hydrogen-bond donors (Lipinski definition) is 1. The number of nitrogens with zero attached hydrogens (tertiary/aromatic N) is 3. The Balaban J connectivity index is 1.96. The number of nitrogens with one attached hydrogen (secondary N) is 1. The standard InChI is InChI=1S/C18H18N4O3/c1-25-12-4-11-19-18-15-5-2-3-6-16(15)20-17(21-18)13-7-9-14(10-8-13)22(23)24/h2-3,5-10H,4,11-12H2,1H3,(H,19,20,21). The molecule has 0 saturated carbocycles. The molecule has 0 bridgehead atoms. The van der Waals surface area contributed by atoms with E-state index >= 15 is 0 Å². The fourth-order valence-electron chi connectivity index (χ4n) is 2.50. The van der Waals surface area contributed by atoms with Crippen LogP contribution in [0.3, 0.4) is 0 Å². The van der Waals surface area contributed by atoms with Gasteiger partial charge < -0.3 is 10.1 Å². The smallest absolute Gasteiger partial charge is 0.269 e. The molecule has 25 heavy (non-hydrogen) atoms. The van der Waals surface area contributed by atoms with Crippen molar-refractivity contribution < 1.29 is 9.66 Å². The zero-order valence-electron chi connectivity index (χ0n) is 13.8. The molecule has 3 rings (SSSR count). The molecule has 1 N–H and O–H groups in total. The SMILES string of the molecule is COCCCNc1nc(-c2ccc([N+](=O)[O-])cc2)nc2ccccc12. The molecule has 0 aliphatic carbocycles. The first-order valence-electron chi connectivity index (χ1n) is 7.93. The van der Waals surface area contributed by atoms with E-state index in [-0.39, 0.29) is 5.69 Å². The van der Waals surface area contributed by atoms with Crippen molar-refractivity contribution >= 4 is 22.4 Å². The van der Waals surface area contributed by atoms with Crippen molar-refractivity contribution in [1.29, 1.82) is 0 Å². The number of benzene rings is 2. The van der Waals surface area contributed by atoms with Crippen LogP contribution in [0.1, 0.15) is 6.42 Å². The van der Waals surface area contributed by atoms with E-state index in [1.165, 1.54) is 12.1 Å². The van der Waals surface area contributed by atoms with Gasteiger partial charge in [-0.3, -0.25) is 10.1 Å². The fraction of sp³-hybridized carbons (Fsp3) is 0.222. The Kier molecular flexibility index (Phi) is 5.15. The normalized spacial score (nSPS) is 10.8. The summed E-state index contributed by atoms with van der Waals surface area (Å²) in [6, 6.07) is 14.0. The van der Waals surface area contributed by atoms with Gasteiger partial charge in [-0.15, -0.1) is 0 Å². The summed E-state index contributed by atoms with van der Waals surface area (Å²) in [6.45, 7) is 1.40. The number of methoxy groups -OCH3 is 1. The van der Waals surface area contributed by atoms with Crippen LogP contribution < -0.4 is 5.32 Å². The maximum atomic E-state index is 10.8. The Labute approximate surface area is 144 Å². The molecule has 0 atom stereocenters. The van der Waals surface area contributed by atoms with Gasteiger partial charge in [0.05, 0.1) is 10.4 Å². The highest BCUT2D eigenvalue weighted by atomic mass is 16.6. The van der Waals surface area contributed by atoms with Crippen molar-refractivity contribution in [3.63, 3.8) is 0 Å². The number of fused-ring (bicyclic) bond motifs is 1. The predicted molar refractivity (Wildman–Crippen MR) is 96.6 cm³/mol. The second-order valence-electron chi connectivity index (χ2n) is 5.49. The number of rotatable bonds is 7. The molecule has 0 aliphatic heterocycles. The van der Waals surface area contributed by atoms with Gasteiger partial charge in [-0.05, 0) is 30.7 Å². The van der Waals surface area contributed by atoms with E-state index in [1.807, 2.05) is 24.3 Å². The lowest BCUT2D eigenvalue weighted by Gasteiger charge is -2.11. The molecule has 1 heterocycles. The largest absolute Gasteiger partial charge is 0.385 e. The van der Waals surface area contributed by atoms with Crippen molar-refractivity contribution in [1.82, 2.24) is 9.97 Å². The molecule has 0 unspecified atom stereocenters. The van der Waals surface area contributed by atoms with Crippen LogP contribution in [0.4, 0.5) is 11.5 Å². The maximum Gasteiger partial charge on any atom is 0.269 e. The highest BCUT2D eigenvalue weighted by Gasteiger charge is 2.11. The topological polar surface area (TPSA) is 90.2 Å². The van der Waals surface area contributed by atoms with Gasteiger partial charge in [0.2, 0.25) is 0 Å². The van der Waals surface area contributed by atoms with Crippen LogP contribution >= 0.6 is 0 Å². The summed E-state index contributed by atoms with van der Waals surface area (Å²) in [4.78, 5) is 19.6. The lowest BCUT2D eigenvalue weighted by atomic mass is 10.1. The minimum absolute atomic E-state index is 0.0439. The molecule has 0 fully saturated rings. The number of aromatic nitrogens is 2. The quantitative estimate of drug-likeness (QED) is 0.402. The van der Waals surface area contributed by atoms with Crippen LogP contribution in [0.15, 0.2) is 48.5 Å². The lowest BCUT2D eigenvalue weighted by molar-refractivity contribution is -0.384. The maximum absolute atomic E-state index is 10.8. The first-order valence-corrected chi connectivity index (χ1v) is 7.93. The van der Waals surface area contributed by atoms with E-state index in [4.69, 9.17) is 4.74 Å². The average molecular weight is 338 g/mol. The minimum Gasteiger partial charge on any atom is -0.385 e. The van der Waals surface area contributed by atoms with Crippen LogP contribution in [-0.2, 0) is 4.74 Å². The molecule has 7 heteroatoms. The molecular formula is C18H18N4O3. The van der Waals surface area contributed by atoms with Crippen LogP contribution in [0.25, 0.3) is 22.3 Å². The van der Waals surface area contributed by atoms with Gasteiger partial charge in [0.1, 0.15) is 5.82 Å². The molecule has 128 valence electrons. The van der Waals surface area contributed by atoms with Crippen molar-refractivity contribution in [2.45, 2.75) is 6.42 Å².